The summed E-state index contributed by atoms with van der Waals surface area (Å²) in [5, 5.41) is 18.0. The smallest absolute Gasteiger partial charge is 0.371 e. The van der Waals surface area contributed by atoms with Crippen molar-refractivity contribution in [2.75, 3.05) is 0 Å². The normalized spacial score (nSPS) is 11.8. The van der Waals surface area contributed by atoms with Gasteiger partial charge in [-0.3, -0.25) is 4.79 Å². The molecule has 0 bridgehead atoms. The number of aliphatic carboxylic acids is 1. The van der Waals surface area contributed by atoms with Crippen molar-refractivity contribution < 1.29 is 19.8 Å². The minimum Gasteiger partial charge on any atom is -0.502 e. The minimum absolute atomic E-state index is 0.0153. The molecular formula is C14H16O4. The Balaban J connectivity index is 2.70. The SMILES string of the molecule is CCC(C(=O)CCc1ccccc1)=C(O)C(=O)O. The van der Waals surface area contributed by atoms with E-state index in [1.165, 1.54) is 0 Å². The number of hydrogen-bond acceptors (Lipinski definition) is 3. The first-order chi connectivity index (χ1) is 8.56. The summed E-state index contributed by atoms with van der Waals surface area (Å²) in [7, 11) is 0. The van der Waals surface area contributed by atoms with Crippen molar-refractivity contribution in [1.82, 2.24) is 0 Å². The van der Waals surface area contributed by atoms with Crippen LogP contribution in [0, 0.1) is 0 Å². The van der Waals surface area contributed by atoms with E-state index in [2.05, 4.69) is 0 Å². The number of aliphatic hydroxyl groups is 1. The molecule has 0 radical (unpaired) electrons. The monoisotopic (exact) mass is 248 g/mol. The Bertz CT molecular complexity index is 460. The predicted molar refractivity (Wildman–Crippen MR) is 67.4 cm³/mol. The Morgan fingerprint density at radius 2 is 1.72 bits per heavy atom. The van der Waals surface area contributed by atoms with Crippen LogP contribution in [0.4, 0.5) is 0 Å². The Kier molecular flexibility index (Phi) is 5.11. The molecule has 4 nitrogen and oxygen atoms in total. The maximum Gasteiger partial charge on any atom is 0.371 e. The summed E-state index contributed by atoms with van der Waals surface area (Å²) >= 11 is 0. The van der Waals surface area contributed by atoms with E-state index < -0.39 is 11.7 Å². The molecule has 0 saturated carbocycles. The van der Waals surface area contributed by atoms with Crippen LogP contribution in [-0.2, 0) is 16.0 Å². The van der Waals surface area contributed by atoms with Gasteiger partial charge in [0.2, 0.25) is 5.76 Å². The summed E-state index contributed by atoms with van der Waals surface area (Å²) in [6, 6.07) is 9.45. The second kappa shape index (κ2) is 6.59. The lowest BCUT2D eigenvalue weighted by Crippen LogP contribution is -2.12. The Morgan fingerprint density at radius 1 is 1.11 bits per heavy atom. The number of carbonyl (C=O) groups is 2. The van der Waals surface area contributed by atoms with Gasteiger partial charge in [0.05, 0.1) is 0 Å². The van der Waals surface area contributed by atoms with E-state index in [0.717, 1.165) is 5.56 Å². The molecule has 1 aromatic carbocycles. The first kappa shape index (κ1) is 14.0. The summed E-state index contributed by atoms with van der Waals surface area (Å²) in [5.41, 5.74) is 0.995. The first-order valence-corrected chi connectivity index (χ1v) is 5.78. The highest BCUT2D eigenvalue weighted by molar-refractivity contribution is 6.02. The van der Waals surface area contributed by atoms with E-state index >= 15 is 0 Å². The van der Waals surface area contributed by atoms with Crippen molar-refractivity contribution in [3.8, 4) is 0 Å². The van der Waals surface area contributed by atoms with E-state index in [-0.39, 0.29) is 24.2 Å². The second-order valence-corrected chi connectivity index (χ2v) is 3.89. The summed E-state index contributed by atoms with van der Waals surface area (Å²) in [4.78, 5) is 22.4. The van der Waals surface area contributed by atoms with Crippen LogP contribution in [0.2, 0.25) is 0 Å². The molecule has 1 rings (SSSR count). The molecule has 0 unspecified atom stereocenters. The van der Waals surface area contributed by atoms with Crippen LogP contribution in [0.1, 0.15) is 25.3 Å². The van der Waals surface area contributed by atoms with Gasteiger partial charge in [0.15, 0.2) is 5.78 Å². The lowest BCUT2D eigenvalue weighted by Gasteiger charge is -2.05. The molecule has 2 N–H and O–H groups in total. The zero-order valence-electron chi connectivity index (χ0n) is 10.2. The number of aliphatic hydroxyl groups excluding tert-OH is 1. The number of rotatable bonds is 6. The third kappa shape index (κ3) is 3.73. The van der Waals surface area contributed by atoms with Crippen LogP contribution in [0.3, 0.4) is 0 Å². The number of aryl methyl sites for hydroxylation is 1. The molecule has 1 aromatic rings. The van der Waals surface area contributed by atoms with Gasteiger partial charge in [-0.05, 0) is 18.4 Å². The van der Waals surface area contributed by atoms with Crippen LogP contribution in [0.25, 0.3) is 0 Å². The van der Waals surface area contributed by atoms with Gasteiger partial charge >= 0.3 is 5.97 Å². The van der Waals surface area contributed by atoms with Gasteiger partial charge in [-0.25, -0.2) is 4.79 Å². The minimum atomic E-state index is -1.46. The maximum absolute atomic E-state index is 11.8. The number of carboxylic acid groups (broad SMARTS) is 1. The molecule has 0 atom stereocenters. The average molecular weight is 248 g/mol. The summed E-state index contributed by atoms with van der Waals surface area (Å²) in [5.74, 6) is -2.61. The molecule has 0 aliphatic carbocycles. The van der Waals surface area contributed by atoms with Crippen molar-refractivity contribution in [2.45, 2.75) is 26.2 Å². The zero-order valence-corrected chi connectivity index (χ0v) is 10.2. The third-order valence-corrected chi connectivity index (χ3v) is 2.66. The van der Waals surface area contributed by atoms with Crippen molar-refractivity contribution in [1.29, 1.82) is 0 Å². The molecule has 4 heteroatoms. The van der Waals surface area contributed by atoms with Gasteiger partial charge in [-0.1, -0.05) is 37.3 Å². The van der Waals surface area contributed by atoms with E-state index in [1.54, 1.807) is 6.92 Å². The molecule has 0 spiro atoms. The quantitative estimate of drug-likeness (QED) is 0.599. The number of benzene rings is 1. The highest BCUT2D eigenvalue weighted by Gasteiger charge is 2.17. The Morgan fingerprint density at radius 3 is 2.22 bits per heavy atom. The first-order valence-electron chi connectivity index (χ1n) is 5.78. The van der Waals surface area contributed by atoms with Crippen LogP contribution in [0.15, 0.2) is 41.7 Å². The topological polar surface area (TPSA) is 74.6 Å². The number of allylic oxidation sites excluding steroid dienone is 1. The highest BCUT2D eigenvalue weighted by atomic mass is 16.4. The largest absolute Gasteiger partial charge is 0.502 e. The third-order valence-electron chi connectivity index (χ3n) is 2.66. The van der Waals surface area contributed by atoms with E-state index in [0.29, 0.717) is 6.42 Å². The fourth-order valence-electron chi connectivity index (χ4n) is 1.68. The van der Waals surface area contributed by atoms with Crippen molar-refractivity contribution in [2.24, 2.45) is 0 Å². The Labute approximate surface area is 106 Å². The Hall–Kier alpha value is -2.10. The van der Waals surface area contributed by atoms with Crippen LogP contribution < -0.4 is 0 Å². The van der Waals surface area contributed by atoms with Gasteiger partial charge in [-0.2, -0.15) is 0 Å². The standard InChI is InChI=1S/C14H16O4/c1-2-11(13(16)14(17)18)12(15)9-8-10-6-4-3-5-7-10/h3-7,16H,2,8-9H2,1H3,(H,17,18). The van der Waals surface area contributed by atoms with E-state index in [1.807, 2.05) is 30.3 Å². The van der Waals surface area contributed by atoms with Gasteiger partial charge in [-0.15, -0.1) is 0 Å². The van der Waals surface area contributed by atoms with Gasteiger partial charge < -0.3 is 10.2 Å². The molecule has 0 heterocycles. The molecule has 0 saturated heterocycles. The molecular weight excluding hydrogens is 232 g/mol. The van der Waals surface area contributed by atoms with Crippen molar-refractivity contribution in [3.05, 3.63) is 47.2 Å². The lowest BCUT2D eigenvalue weighted by molar-refractivity contribution is -0.136. The fourth-order valence-corrected chi connectivity index (χ4v) is 1.68. The van der Waals surface area contributed by atoms with Gasteiger partial charge in [0.1, 0.15) is 0 Å². The summed E-state index contributed by atoms with van der Waals surface area (Å²) in [6.45, 7) is 1.65. The van der Waals surface area contributed by atoms with Crippen molar-refractivity contribution >= 4 is 11.8 Å². The molecule has 0 aliphatic heterocycles. The van der Waals surface area contributed by atoms with Gasteiger partial charge in [0, 0.05) is 12.0 Å². The zero-order chi connectivity index (χ0) is 13.5. The summed E-state index contributed by atoms with van der Waals surface area (Å²) in [6.07, 6.45) is 0.951. The van der Waals surface area contributed by atoms with E-state index in [4.69, 9.17) is 5.11 Å². The van der Waals surface area contributed by atoms with E-state index in [9.17, 15) is 14.7 Å². The lowest BCUT2D eigenvalue weighted by atomic mass is 10.0. The molecule has 0 aliphatic rings. The molecule has 18 heavy (non-hydrogen) atoms. The number of carboxylic acids is 1. The molecule has 0 fully saturated rings. The molecule has 0 aromatic heterocycles. The predicted octanol–water partition coefficient (Wildman–Crippen LogP) is 2.50. The number of ketones is 1. The summed E-state index contributed by atoms with van der Waals surface area (Å²) < 4.78 is 0. The average Bonchev–Trinajstić information content (AvgIpc) is 2.38. The highest BCUT2D eigenvalue weighted by Crippen LogP contribution is 2.13. The number of hydrogen-bond donors (Lipinski definition) is 2. The number of carbonyl (C=O) groups excluding carboxylic acids is 1. The second-order valence-electron chi connectivity index (χ2n) is 3.89. The van der Waals surface area contributed by atoms with Crippen LogP contribution in [-0.4, -0.2) is 22.0 Å². The molecule has 96 valence electrons. The van der Waals surface area contributed by atoms with Crippen LogP contribution >= 0.6 is 0 Å². The van der Waals surface area contributed by atoms with Crippen molar-refractivity contribution in [3.63, 3.8) is 0 Å². The van der Waals surface area contributed by atoms with Gasteiger partial charge in [0.25, 0.3) is 0 Å². The fraction of sp³-hybridized carbons (Fsp3) is 0.286. The maximum atomic E-state index is 11.8. The number of Topliss-reactive ketones (excluding diaryl/α,β-unsaturated/α-hetero) is 1. The van der Waals surface area contributed by atoms with Crippen LogP contribution in [0.5, 0.6) is 0 Å². The molecule has 0 amide bonds.